The molecule has 7 heteroatoms. The molecule has 0 saturated carbocycles. The minimum Gasteiger partial charge on any atom is -0.497 e. The van der Waals surface area contributed by atoms with Crippen molar-refractivity contribution >= 4 is 17.9 Å². The number of hydrogen-bond acceptors (Lipinski definition) is 4. The van der Waals surface area contributed by atoms with Gasteiger partial charge in [0.15, 0.2) is 0 Å². The molecule has 0 radical (unpaired) electrons. The molecule has 0 fully saturated rings. The van der Waals surface area contributed by atoms with Crippen LogP contribution in [0.15, 0.2) is 24.3 Å². The van der Waals surface area contributed by atoms with E-state index in [1.165, 1.54) is 7.11 Å². The standard InChI is InChI=1S/C16H20O7/c1-23-13-4-2-3-11(8-13)12(9-16(21)22)5-10(6-14(17)18)7-15(19)20/h2-4,8,10,12H,5-7,9H2,1H3,(H,17,18)(H,19,20)(H,21,22)/t12-/m0/s1. The zero-order chi connectivity index (χ0) is 17.4. The third kappa shape index (κ3) is 6.82. The van der Waals surface area contributed by atoms with Crippen molar-refractivity contribution in [3.05, 3.63) is 29.8 Å². The van der Waals surface area contributed by atoms with Crippen LogP contribution in [0.5, 0.6) is 5.75 Å². The predicted octanol–water partition coefficient (Wildman–Crippen LogP) is 2.21. The van der Waals surface area contributed by atoms with Gasteiger partial charge in [0.25, 0.3) is 0 Å². The van der Waals surface area contributed by atoms with Crippen molar-refractivity contribution in [1.29, 1.82) is 0 Å². The molecular weight excluding hydrogens is 304 g/mol. The maximum atomic E-state index is 11.1. The van der Waals surface area contributed by atoms with Crippen molar-refractivity contribution in [2.75, 3.05) is 7.11 Å². The van der Waals surface area contributed by atoms with Gasteiger partial charge in [-0.15, -0.1) is 0 Å². The van der Waals surface area contributed by atoms with Crippen molar-refractivity contribution < 1.29 is 34.4 Å². The SMILES string of the molecule is COc1cccc([C@H](CC(=O)O)CC(CC(=O)O)CC(=O)O)c1. The minimum atomic E-state index is -1.10. The van der Waals surface area contributed by atoms with E-state index in [-0.39, 0.29) is 25.7 Å². The van der Waals surface area contributed by atoms with Gasteiger partial charge in [0, 0.05) is 12.8 Å². The summed E-state index contributed by atoms with van der Waals surface area (Å²) in [5, 5.41) is 26.9. The molecule has 1 aromatic rings. The van der Waals surface area contributed by atoms with E-state index in [9.17, 15) is 14.4 Å². The van der Waals surface area contributed by atoms with Crippen molar-refractivity contribution in [2.45, 2.75) is 31.6 Å². The van der Waals surface area contributed by atoms with Crippen LogP contribution in [0.3, 0.4) is 0 Å². The van der Waals surface area contributed by atoms with Gasteiger partial charge in [-0.1, -0.05) is 12.1 Å². The third-order valence-electron chi connectivity index (χ3n) is 3.53. The fraction of sp³-hybridized carbons (Fsp3) is 0.438. The van der Waals surface area contributed by atoms with E-state index in [0.717, 1.165) is 0 Å². The molecule has 7 nitrogen and oxygen atoms in total. The Bertz CT molecular complexity index is 551. The summed E-state index contributed by atoms with van der Waals surface area (Å²) >= 11 is 0. The largest absolute Gasteiger partial charge is 0.497 e. The summed E-state index contributed by atoms with van der Waals surface area (Å²) in [6.45, 7) is 0. The molecule has 0 amide bonds. The highest BCUT2D eigenvalue weighted by Gasteiger charge is 2.24. The van der Waals surface area contributed by atoms with Gasteiger partial charge in [-0.25, -0.2) is 0 Å². The predicted molar refractivity (Wildman–Crippen MR) is 80.6 cm³/mol. The molecule has 1 aromatic carbocycles. The average Bonchev–Trinajstić information content (AvgIpc) is 2.44. The van der Waals surface area contributed by atoms with Gasteiger partial charge in [0.2, 0.25) is 0 Å². The molecule has 126 valence electrons. The fourth-order valence-corrected chi connectivity index (χ4v) is 2.58. The molecule has 0 saturated heterocycles. The normalized spacial score (nSPS) is 11.9. The lowest BCUT2D eigenvalue weighted by Gasteiger charge is -2.21. The van der Waals surface area contributed by atoms with E-state index < -0.39 is 29.7 Å². The summed E-state index contributed by atoms with van der Waals surface area (Å²) in [6.07, 6.45) is -0.667. The molecule has 0 bridgehead atoms. The van der Waals surface area contributed by atoms with Crippen LogP contribution >= 0.6 is 0 Å². The maximum Gasteiger partial charge on any atom is 0.303 e. The van der Waals surface area contributed by atoms with Gasteiger partial charge in [-0.05, 0) is 36.0 Å². The lowest BCUT2D eigenvalue weighted by molar-refractivity contribution is -0.140. The van der Waals surface area contributed by atoms with Gasteiger partial charge < -0.3 is 20.1 Å². The first-order valence-corrected chi connectivity index (χ1v) is 7.11. The van der Waals surface area contributed by atoms with Gasteiger partial charge in [-0.3, -0.25) is 14.4 Å². The molecule has 0 heterocycles. The lowest BCUT2D eigenvalue weighted by atomic mass is 9.83. The molecule has 0 spiro atoms. The van der Waals surface area contributed by atoms with Gasteiger partial charge in [0.1, 0.15) is 5.75 Å². The molecule has 0 aliphatic carbocycles. The second kappa shape index (κ2) is 8.77. The number of carboxylic acids is 3. The Morgan fingerprint density at radius 3 is 2.04 bits per heavy atom. The smallest absolute Gasteiger partial charge is 0.303 e. The molecule has 0 aliphatic rings. The second-order valence-electron chi connectivity index (χ2n) is 5.37. The zero-order valence-electron chi connectivity index (χ0n) is 12.8. The highest BCUT2D eigenvalue weighted by atomic mass is 16.5. The van der Waals surface area contributed by atoms with E-state index >= 15 is 0 Å². The molecular formula is C16H20O7. The van der Waals surface area contributed by atoms with Crippen LogP contribution in [0.2, 0.25) is 0 Å². The summed E-state index contributed by atoms with van der Waals surface area (Å²) < 4.78 is 5.11. The molecule has 1 atom stereocenters. The van der Waals surface area contributed by atoms with E-state index in [4.69, 9.17) is 20.1 Å². The van der Waals surface area contributed by atoms with Crippen LogP contribution in [-0.2, 0) is 14.4 Å². The van der Waals surface area contributed by atoms with Gasteiger partial charge in [0.05, 0.1) is 13.5 Å². The summed E-state index contributed by atoms with van der Waals surface area (Å²) in [5.74, 6) is -3.79. The van der Waals surface area contributed by atoms with Crippen LogP contribution in [0.1, 0.15) is 37.2 Å². The Kier molecular flexibility index (Phi) is 7.05. The highest BCUT2D eigenvalue weighted by molar-refractivity contribution is 5.71. The lowest BCUT2D eigenvalue weighted by Crippen LogP contribution is -2.17. The number of aliphatic carboxylic acids is 3. The maximum absolute atomic E-state index is 11.1. The van der Waals surface area contributed by atoms with Crippen molar-refractivity contribution in [1.82, 2.24) is 0 Å². The summed E-state index contributed by atoms with van der Waals surface area (Å²) in [6, 6.07) is 6.85. The zero-order valence-corrected chi connectivity index (χ0v) is 12.8. The quantitative estimate of drug-likeness (QED) is 0.603. The Morgan fingerprint density at radius 2 is 1.57 bits per heavy atom. The molecule has 23 heavy (non-hydrogen) atoms. The Morgan fingerprint density at radius 1 is 1.00 bits per heavy atom. The van der Waals surface area contributed by atoms with Crippen LogP contribution in [0.4, 0.5) is 0 Å². The van der Waals surface area contributed by atoms with E-state index in [1.54, 1.807) is 24.3 Å². The summed E-state index contributed by atoms with van der Waals surface area (Å²) in [5.41, 5.74) is 0.688. The van der Waals surface area contributed by atoms with Crippen molar-refractivity contribution in [3.8, 4) is 5.75 Å². The van der Waals surface area contributed by atoms with Crippen LogP contribution in [0, 0.1) is 5.92 Å². The topological polar surface area (TPSA) is 121 Å². The number of methoxy groups -OCH3 is 1. The number of carboxylic acid groups (broad SMARTS) is 3. The number of hydrogen-bond donors (Lipinski definition) is 3. The average molecular weight is 324 g/mol. The number of ether oxygens (including phenoxy) is 1. The first kappa shape index (κ1) is 18.5. The Balaban J connectivity index is 3.00. The highest BCUT2D eigenvalue weighted by Crippen LogP contribution is 2.32. The number of rotatable bonds is 10. The second-order valence-corrected chi connectivity index (χ2v) is 5.37. The Labute approximate surface area is 133 Å². The summed E-state index contributed by atoms with van der Waals surface area (Å²) in [4.78, 5) is 32.9. The fourth-order valence-electron chi connectivity index (χ4n) is 2.58. The van der Waals surface area contributed by atoms with Crippen LogP contribution in [-0.4, -0.2) is 40.3 Å². The minimum absolute atomic E-state index is 0.165. The van der Waals surface area contributed by atoms with Gasteiger partial charge >= 0.3 is 17.9 Å². The monoisotopic (exact) mass is 324 g/mol. The molecule has 0 aromatic heterocycles. The number of carbonyl (C=O) groups is 3. The molecule has 1 rings (SSSR count). The van der Waals surface area contributed by atoms with E-state index in [1.807, 2.05) is 0 Å². The summed E-state index contributed by atoms with van der Waals surface area (Å²) in [7, 11) is 1.49. The molecule has 0 unspecified atom stereocenters. The Hall–Kier alpha value is -2.57. The molecule has 0 aliphatic heterocycles. The van der Waals surface area contributed by atoms with Crippen LogP contribution < -0.4 is 4.74 Å². The van der Waals surface area contributed by atoms with E-state index in [2.05, 4.69) is 0 Å². The van der Waals surface area contributed by atoms with E-state index in [0.29, 0.717) is 11.3 Å². The third-order valence-corrected chi connectivity index (χ3v) is 3.53. The number of benzene rings is 1. The first-order valence-electron chi connectivity index (χ1n) is 7.11. The van der Waals surface area contributed by atoms with Crippen LogP contribution in [0.25, 0.3) is 0 Å². The molecule has 3 N–H and O–H groups in total. The first-order chi connectivity index (χ1) is 10.8. The van der Waals surface area contributed by atoms with Gasteiger partial charge in [-0.2, -0.15) is 0 Å². The van der Waals surface area contributed by atoms with Crippen molar-refractivity contribution in [2.24, 2.45) is 5.92 Å². The van der Waals surface area contributed by atoms with Crippen molar-refractivity contribution in [3.63, 3.8) is 0 Å².